The van der Waals surface area contributed by atoms with Crippen LogP contribution in [0, 0.1) is 0 Å². The molecule has 0 saturated carbocycles. The molecule has 0 aromatic heterocycles. The first-order chi connectivity index (χ1) is 9.15. The molecule has 4 N–H and O–H groups in total. The lowest BCUT2D eigenvalue weighted by Gasteiger charge is -2.10. The fraction of sp³-hybridized carbons (Fsp3) is 0.500. The third kappa shape index (κ3) is 4.13. The highest BCUT2D eigenvalue weighted by molar-refractivity contribution is 5.76. The van der Waals surface area contributed by atoms with Gasteiger partial charge in [-0.3, -0.25) is 4.79 Å². The number of rotatable bonds is 5. The summed E-state index contributed by atoms with van der Waals surface area (Å²) < 4.78 is 5.46. The Kier molecular flexibility index (Phi) is 4.63. The lowest BCUT2D eigenvalue weighted by Crippen LogP contribution is -2.24. The molecule has 1 atom stereocenters. The fourth-order valence-corrected chi connectivity index (χ4v) is 2.19. The summed E-state index contributed by atoms with van der Waals surface area (Å²) in [7, 11) is 0. The Hall–Kier alpha value is -1.75. The van der Waals surface area contributed by atoms with Crippen molar-refractivity contribution in [3.05, 3.63) is 23.8 Å². The highest BCUT2D eigenvalue weighted by atomic mass is 16.5. The van der Waals surface area contributed by atoms with Crippen LogP contribution in [0.25, 0.3) is 0 Å². The zero-order valence-corrected chi connectivity index (χ0v) is 10.9. The topological polar surface area (TPSA) is 84.6 Å². The molecular weight excluding hydrogens is 244 g/mol. The molecular formula is C14H20N2O3. The van der Waals surface area contributed by atoms with Crippen LogP contribution in [0.3, 0.4) is 0 Å². The third-order valence-corrected chi connectivity index (χ3v) is 3.30. The van der Waals surface area contributed by atoms with Gasteiger partial charge >= 0.3 is 0 Å². The Morgan fingerprint density at radius 3 is 3.11 bits per heavy atom. The van der Waals surface area contributed by atoms with Crippen LogP contribution < -0.4 is 11.1 Å². The van der Waals surface area contributed by atoms with Crippen molar-refractivity contribution in [1.29, 1.82) is 0 Å². The normalized spacial score (nSPS) is 18.4. The maximum Gasteiger partial charge on any atom is 0.220 e. The Balaban J connectivity index is 1.74. The third-order valence-electron chi connectivity index (χ3n) is 3.30. The summed E-state index contributed by atoms with van der Waals surface area (Å²) in [6, 6.07) is 4.82. The van der Waals surface area contributed by atoms with E-state index in [-0.39, 0.29) is 17.8 Å². The minimum atomic E-state index is -0.0303. The van der Waals surface area contributed by atoms with Crippen LogP contribution in [0.2, 0.25) is 0 Å². The second kappa shape index (κ2) is 6.43. The number of amides is 1. The Morgan fingerprint density at radius 1 is 1.53 bits per heavy atom. The van der Waals surface area contributed by atoms with Gasteiger partial charge < -0.3 is 20.9 Å². The number of phenolic OH excluding ortho intramolecular Hbond substituents is 1. The molecule has 104 valence electrons. The van der Waals surface area contributed by atoms with Crippen molar-refractivity contribution in [2.45, 2.75) is 38.3 Å². The number of nitrogens with one attached hydrogen (secondary N) is 1. The standard InChI is InChI=1S/C14H20N2O3/c15-11-3-5-13(17)10(8-11)9-16-14(18)6-4-12-2-1-7-19-12/h3,5,8,12,17H,1-2,4,6-7,9,15H2,(H,16,18). The summed E-state index contributed by atoms with van der Waals surface area (Å²) in [6.45, 7) is 1.10. The highest BCUT2D eigenvalue weighted by Crippen LogP contribution is 2.20. The molecule has 1 aromatic rings. The lowest BCUT2D eigenvalue weighted by atomic mass is 10.1. The van der Waals surface area contributed by atoms with Gasteiger partial charge in [-0.1, -0.05) is 0 Å². The van der Waals surface area contributed by atoms with E-state index < -0.39 is 0 Å². The van der Waals surface area contributed by atoms with Gasteiger partial charge in [-0.2, -0.15) is 0 Å². The van der Waals surface area contributed by atoms with Gasteiger partial charge in [-0.25, -0.2) is 0 Å². The summed E-state index contributed by atoms with van der Waals surface area (Å²) >= 11 is 0. The van der Waals surface area contributed by atoms with Gasteiger partial charge in [0.25, 0.3) is 0 Å². The van der Waals surface area contributed by atoms with Crippen molar-refractivity contribution in [2.24, 2.45) is 0 Å². The quantitative estimate of drug-likeness (QED) is 0.556. The van der Waals surface area contributed by atoms with Gasteiger partial charge in [0.05, 0.1) is 6.10 Å². The minimum Gasteiger partial charge on any atom is -0.508 e. The van der Waals surface area contributed by atoms with E-state index in [0.29, 0.717) is 24.2 Å². The van der Waals surface area contributed by atoms with Crippen molar-refractivity contribution in [2.75, 3.05) is 12.3 Å². The summed E-state index contributed by atoms with van der Waals surface area (Å²) in [6.07, 6.45) is 3.57. The van der Waals surface area contributed by atoms with Crippen LogP contribution in [-0.4, -0.2) is 23.7 Å². The summed E-state index contributed by atoms with van der Waals surface area (Å²) in [4.78, 5) is 11.7. The van der Waals surface area contributed by atoms with Crippen LogP contribution in [0.5, 0.6) is 5.75 Å². The van der Waals surface area contributed by atoms with E-state index in [1.165, 1.54) is 6.07 Å². The number of hydrogen-bond donors (Lipinski definition) is 3. The van der Waals surface area contributed by atoms with Crippen LogP contribution in [0.1, 0.15) is 31.2 Å². The van der Waals surface area contributed by atoms with Gasteiger partial charge in [0.15, 0.2) is 0 Å². The molecule has 19 heavy (non-hydrogen) atoms. The zero-order valence-electron chi connectivity index (χ0n) is 10.9. The average Bonchev–Trinajstić information content (AvgIpc) is 2.90. The molecule has 1 aliphatic heterocycles. The molecule has 1 unspecified atom stereocenters. The molecule has 0 spiro atoms. The molecule has 0 radical (unpaired) electrons. The van der Waals surface area contributed by atoms with Gasteiger partial charge in [0.1, 0.15) is 5.75 Å². The number of nitrogens with two attached hydrogens (primary N) is 1. The van der Waals surface area contributed by atoms with Gasteiger partial charge in [-0.15, -0.1) is 0 Å². The SMILES string of the molecule is Nc1ccc(O)c(CNC(=O)CCC2CCCO2)c1. The molecule has 1 aliphatic rings. The van der Waals surface area contributed by atoms with Crippen LogP contribution in [0.4, 0.5) is 5.69 Å². The summed E-state index contributed by atoms with van der Waals surface area (Å²) in [5, 5.41) is 12.4. The number of hydrogen-bond acceptors (Lipinski definition) is 4. The summed E-state index contributed by atoms with van der Waals surface area (Å²) in [5.41, 5.74) is 6.84. The minimum absolute atomic E-state index is 0.0303. The fourth-order valence-electron chi connectivity index (χ4n) is 2.19. The van der Waals surface area contributed by atoms with Crippen molar-refractivity contribution in [3.8, 4) is 5.75 Å². The number of aromatic hydroxyl groups is 1. The number of ether oxygens (including phenoxy) is 1. The molecule has 2 rings (SSSR count). The van der Waals surface area contributed by atoms with E-state index in [9.17, 15) is 9.90 Å². The van der Waals surface area contributed by atoms with Crippen LogP contribution >= 0.6 is 0 Å². The van der Waals surface area contributed by atoms with E-state index in [1.54, 1.807) is 12.1 Å². The molecule has 1 saturated heterocycles. The average molecular weight is 264 g/mol. The Morgan fingerprint density at radius 2 is 2.37 bits per heavy atom. The first-order valence-corrected chi connectivity index (χ1v) is 6.61. The van der Waals surface area contributed by atoms with Crippen molar-refractivity contribution in [1.82, 2.24) is 5.32 Å². The zero-order chi connectivity index (χ0) is 13.7. The van der Waals surface area contributed by atoms with Gasteiger partial charge in [-0.05, 0) is 37.5 Å². The van der Waals surface area contributed by atoms with Gasteiger partial charge in [0, 0.05) is 30.8 Å². The van der Waals surface area contributed by atoms with E-state index in [4.69, 9.17) is 10.5 Å². The second-order valence-corrected chi connectivity index (χ2v) is 4.84. The number of anilines is 1. The second-order valence-electron chi connectivity index (χ2n) is 4.84. The predicted octanol–water partition coefficient (Wildman–Crippen LogP) is 1.55. The monoisotopic (exact) mass is 264 g/mol. The van der Waals surface area contributed by atoms with E-state index in [2.05, 4.69) is 5.32 Å². The van der Waals surface area contributed by atoms with Crippen LogP contribution in [-0.2, 0) is 16.1 Å². The van der Waals surface area contributed by atoms with E-state index in [0.717, 1.165) is 25.9 Å². The van der Waals surface area contributed by atoms with Crippen molar-refractivity contribution >= 4 is 11.6 Å². The maximum absolute atomic E-state index is 11.7. The molecule has 1 amide bonds. The molecule has 1 aromatic carbocycles. The molecule has 5 nitrogen and oxygen atoms in total. The number of nitrogen functional groups attached to an aromatic ring is 1. The molecule has 5 heteroatoms. The van der Waals surface area contributed by atoms with Gasteiger partial charge in [0.2, 0.25) is 5.91 Å². The lowest BCUT2D eigenvalue weighted by molar-refractivity contribution is -0.121. The van der Waals surface area contributed by atoms with Crippen molar-refractivity contribution < 1.29 is 14.6 Å². The predicted molar refractivity (Wildman–Crippen MR) is 72.6 cm³/mol. The first-order valence-electron chi connectivity index (χ1n) is 6.61. The maximum atomic E-state index is 11.7. The number of carbonyl (C=O) groups excluding carboxylic acids is 1. The molecule has 1 heterocycles. The molecule has 0 bridgehead atoms. The summed E-state index contributed by atoms with van der Waals surface area (Å²) in [5.74, 6) is 0.117. The van der Waals surface area contributed by atoms with Crippen LogP contribution in [0.15, 0.2) is 18.2 Å². The van der Waals surface area contributed by atoms with E-state index in [1.807, 2.05) is 0 Å². The highest BCUT2D eigenvalue weighted by Gasteiger charge is 2.16. The van der Waals surface area contributed by atoms with E-state index >= 15 is 0 Å². The van der Waals surface area contributed by atoms with Crippen molar-refractivity contribution in [3.63, 3.8) is 0 Å². The molecule has 1 fully saturated rings. The largest absolute Gasteiger partial charge is 0.508 e. The Bertz CT molecular complexity index is 442. The smallest absolute Gasteiger partial charge is 0.220 e. The number of phenols is 1. The number of carbonyl (C=O) groups is 1. The number of benzene rings is 1. The first kappa shape index (κ1) is 13.7. The Labute approximate surface area is 112 Å². The molecule has 0 aliphatic carbocycles.